The van der Waals surface area contributed by atoms with Crippen LogP contribution < -0.4 is 0 Å². The van der Waals surface area contributed by atoms with Crippen LogP contribution in [0.5, 0.6) is 0 Å². The Balaban J connectivity index is -0.000000224. The van der Waals surface area contributed by atoms with Gasteiger partial charge >= 0.3 is 31.3 Å². The zero-order valence-corrected chi connectivity index (χ0v) is 9.59. The average molecular weight is 342 g/mol. The highest BCUT2D eigenvalue weighted by molar-refractivity contribution is 7.86. The molecule has 0 heterocycles. The minimum absolute atomic E-state index is 1.50. The molecule has 17 heteroatoms. The Labute approximate surface area is 100 Å². The summed E-state index contributed by atoms with van der Waals surface area (Å²) >= 11 is 0. The molecule has 116 valence electrons. The van der Waals surface area contributed by atoms with Gasteiger partial charge in [0.15, 0.2) is 0 Å². The van der Waals surface area contributed by atoms with Crippen molar-refractivity contribution >= 4 is 20.2 Å². The van der Waals surface area contributed by atoms with E-state index in [4.69, 9.17) is 37.0 Å². The van der Waals surface area contributed by atoms with Gasteiger partial charge in [-0.2, -0.15) is 43.2 Å². The summed E-state index contributed by atoms with van der Waals surface area (Å²) < 4.78 is 115. The maximum absolute atomic E-state index is 10.7. The average Bonchev–Trinajstić information content (AvgIpc) is 1.97. The highest BCUT2D eigenvalue weighted by Gasteiger charge is 2.45. The molecule has 0 aliphatic carbocycles. The first kappa shape index (κ1) is 22.9. The van der Waals surface area contributed by atoms with Gasteiger partial charge in [0.05, 0.1) is 0 Å². The fourth-order valence-corrected chi connectivity index (χ4v) is 0. The highest BCUT2D eigenvalue weighted by atomic mass is 32.2. The molecular formula is C2H2F6N3O6S2-. The molecule has 0 aliphatic heterocycles. The Morgan fingerprint density at radius 2 is 0.789 bits per heavy atom. The van der Waals surface area contributed by atoms with E-state index in [9.17, 15) is 26.3 Å². The van der Waals surface area contributed by atoms with Crippen molar-refractivity contribution in [3.63, 3.8) is 0 Å². The highest BCUT2D eigenvalue weighted by Crippen LogP contribution is 2.21. The smallest absolute Gasteiger partial charge is 0.373 e. The van der Waals surface area contributed by atoms with Gasteiger partial charge in [0.1, 0.15) is 0 Å². The van der Waals surface area contributed by atoms with Crippen LogP contribution in [0.25, 0.3) is 16.0 Å². The molecule has 0 rings (SSSR count). The van der Waals surface area contributed by atoms with Crippen molar-refractivity contribution in [2.75, 3.05) is 0 Å². The number of hydrogen-bond acceptors (Lipinski definition) is 4. The summed E-state index contributed by atoms with van der Waals surface area (Å²) in [7, 11) is -11.7. The molecule has 0 amide bonds. The predicted molar refractivity (Wildman–Crippen MR) is 45.3 cm³/mol. The van der Waals surface area contributed by atoms with E-state index in [1.807, 2.05) is 0 Å². The third-order valence-electron chi connectivity index (χ3n) is 0.585. The van der Waals surface area contributed by atoms with E-state index in [-0.39, 0.29) is 0 Å². The molecule has 0 fully saturated rings. The van der Waals surface area contributed by atoms with Crippen LogP contribution in [0, 0.1) is 0 Å². The van der Waals surface area contributed by atoms with Gasteiger partial charge in [-0.3, -0.25) is 14.0 Å². The Kier molecular flexibility index (Phi) is 8.82. The predicted octanol–water partition coefficient (Wildman–Crippen LogP) is 1.65. The SMILES string of the molecule is O=S(=O)(O)C(F)(F)F.O=S(=O)(O)C(F)(F)F.[N-]=[N+]=[N-]. The fraction of sp³-hybridized carbons (Fsp3) is 1.00. The van der Waals surface area contributed by atoms with Crippen molar-refractivity contribution in [2.24, 2.45) is 0 Å². The van der Waals surface area contributed by atoms with E-state index in [0.29, 0.717) is 0 Å². The first-order valence-corrected chi connectivity index (χ1v) is 5.85. The van der Waals surface area contributed by atoms with Gasteiger partial charge in [0, 0.05) is 0 Å². The monoisotopic (exact) mass is 342 g/mol. The largest absolute Gasteiger partial charge is 0.522 e. The fourth-order valence-electron chi connectivity index (χ4n) is 0. The molecule has 0 aromatic heterocycles. The molecule has 0 unspecified atom stereocenters. The van der Waals surface area contributed by atoms with E-state index in [2.05, 4.69) is 0 Å². The lowest BCUT2D eigenvalue weighted by Crippen LogP contribution is -2.21. The molecule has 19 heavy (non-hydrogen) atoms. The third-order valence-corrected chi connectivity index (χ3v) is 1.75. The second-order valence-electron chi connectivity index (χ2n) is 1.93. The van der Waals surface area contributed by atoms with Crippen molar-refractivity contribution in [1.29, 1.82) is 0 Å². The minimum Gasteiger partial charge on any atom is -0.373 e. The molecule has 0 aliphatic rings. The molecule has 0 aromatic carbocycles. The van der Waals surface area contributed by atoms with Crippen LogP contribution >= 0.6 is 0 Å². The van der Waals surface area contributed by atoms with Crippen LogP contribution in [0.2, 0.25) is 0 Å². The lowest BCUT2D eigenvalue weighted by Gasteiger charge is -1.97. The maximum atomic E-state index is 10.7. The summed E-state index contributed by atoms with van der Waals surface area (Å²) in [6.45, 7) is 0. The summed E-state index contributed by atoms with van der Waals surface area (Å²) in [4.78, 5) is 1.50. The molecule has 0 atom stereocenters. The normalized spacial score (nSPS) is 12.2. The van der Waals surface area contributed by atoms with E-state index in [1.54, 1.807) is 0 Å². The zero-order valence-electron chi connectivity index (χ0n) is 7.95. The van der Waals surface area contributed by atoms with Gasteiger partial charge in [-0.1, -0.05) is 0 Å². The molecule has 0 spiro atoms. The lowest BCUT2D eigenvalue weighted by molar-refractivity contribution is -0.0514. The molecule has 2 N–H and O–H groups in total. The quantitative estimate of drug-likeness (QED) is 0.169. The van der Waals surface area contributed by atoms with Crippen LogP contribution in [0.4, 0.5) is 26.3 Å². The standard InChI is InChI=1S/2CHF3O3S.N3/c2*2-1(3,4)8(5,6)7;1-3-2/h2*(H,5,6,7);/q;;-1. The summed E-state index contributed by atoms with van der Waals surface area (Å²) in [6, 6.07) is 0. The van der Waals surface area contributed by atoms with Crippen molar-refractivity contribution in [3.8, 4) is 0 Å². The number of halogens is 6. The van der Waals surface area contributed by atoms with E-state index >= 15 is 0 Å². The van der Waals surface area contributed by atoms with Gasteiger partial charge in [-0.15, -0.1) is 0 Å². The number of nitrogens with zero attached hydrogens (tertiary/aromatic N) is 3. The van der Waals surface area contributed by atoms with Crippen molar-refractivity contribution in [2.45, 2.75) is 11.0 Å². The van der Waals surface area contributed by atoms with Crippen LogP contribution in [-0.2, 0) is 20.2 Å². The molecule has 0 saturated carbocycles. The second kappa shape index (κ2) is 7.34. The Hall–Kier alpha value is -1.29. The first-order valence-electron chi connectivity index (χ1n) is 2.97. The summed E-state index contributed by atoms with van der Waals surface area (Å²) in [6.07, 6.45) is 0. The Morgan fingerprint density at radius 3 is 0.789 bits per heavy atom. The van der Waals surface area contributed by atoms with Crippen LogP contribution in [0.3, 0.4) is 0 Å². The summed E-state index contributed by atoms with van der Waals surface area (Å²) in [5.41, 5.74) is 2.43. The molecule has 0 bridgehead atoms. The molecule has 9 nitrogen and oxygen atoms in total. The molecule has 0 radical (unpaired) electrons. The van der Waals surface area contributed by atoms with E-state index in [0.717, 1.165) is 0 Å². The number of alkyl halides is 6. The zero-order chi connectivity index (χ0) is 16.7. The van der Waals surface area contributed by atoms with Gasteiger partial charge < -0.3 is 11.1 Å². The minimum atomic E-state index is -5.84. The lowest BCUT2D eigenvalue weighted by atomic mass is 11.6. The van der Waals surface area contributed by atoms with E-state index in [1.165, 1.54) is 4.91 Å². The second-order valence-corrected chi connectivity index (χ2v) is 4.76. The van der Waals surface area contributed by atoms with Gasteiger partial charge in [-0.05, 0) is 0 Å². The topological polar surface area (TPSA) is 167 Å². The molecule has 0 aromatic rings. The van der Waals surface area contributed by atoms with Gasteiger partial charge in [-0.25, -0.2) is 0 Å². The van der Waals surface area contributed by atoms with Crippen LogP contribution in [0.15, 0.2) is 0 Å². The summed E-state index contributed by atoms with van der Waals surface area (Å²) in [5, 5.41) is 0. The Morgan fingerprint density at radius 1 is 0.737 bits per heavy atom. The molecule has 0 saturated heterocycles. The number of hydrogen-bond donors (Lipinski definition) is 2. The van der Waals surface area contributed by atoms with Crippen molar-refractivity contribution < 1.29 is 52.3 Å². The maximum Gasteiger partial charge on any atom is 0.522 e. The van der Waals surface area contributed by atoms with Crippen molar-refractivity contribution in [3.05, 3.63) is 16.0 Å². The van der Waals surface area contributed by atoms with Crippen LogP contribution in [0.1, 0.15) is 0 Å². The molecular weight excluding hydrogens is 340 g/mol. The number of rotatable bonds is 0. The van der Waals surface area contributed by atoms with Crippen molar-refractivity contribution in [1.82, 2.24) is 0 Å². The first-order chi connectivity index (χ1) is 7.91. The van der Waals surface area contributed by atoms with E-state index < -0.39 is 31.3 Å². The van der Waals surface area contributed by atoms with Crippen LogP contribution in [-0.4, -0.2) is 37.0 Å². The summed E-state index contributed by atoms with van der Waals surface area (Å²) in [5.74, 6) is 0. The van der Waals surface area contributed by atoms with Gasteiger partial charge in [0.2, 0.25) is 0 Å². The third kappa shape index (κ3) is 12.9. The van der Waals surface area contributed by atoms with Gasteiger partial charge in [0.25, 0.3) is 0 Å². The Bertz CT molecular complexity index is 454.